The van der Waals surface area contributed by atoms with Crippen molar-refractivity contribution in [1.29, 1.82) is 0 Å². The van der Waals surface area contributed by atoms with E-state index < -0.39 is 0 Å². The van der Waals surface area contributed by atoms with Crippen molar-refractivity contribution >= 4 is 0 Å². The second kappa shape index (κ2) is 25.9. The molecule has 0 aliphatic carbocycles. The quantitative estimate of drug-likeness (QED) is 0.157. The molecule has 7 nitrogen and oxygen atoms in total. The first-order chi connectivity index (χ1) is 17.4. The van der Waals surface area contributed by atoms with E-state index >= 15 is 0 Å². The van der Waals surface area contributed by atoms with Crippen molar-refractivity contribution in [2.45, 2.75) is 58.8 Å². The zero-order chi connectivity index (χ0) is 25.1. The average Bonchev–Trinajstić information content (AvgIpc) is 2.88. The molecule has 0 bridgehead atoms. The smallest absolute Gasteiger partial charge is 0.119 e. The van der Waals surface area contributed by atoms with Gasteiger partial charge in [0.2, 0.25) is 0 Å². The Bertz CT molecular complexity index is 539. The molecule has 0 radical (unpaired) electrons. The van der Waals surface area contributed by atoms with E-state index in [4.69, 9.17) is 33.2 Å². The van der Waals surface area contributed by atoms with Crippen LogP contribution < -0.4 is 4.74 Å². The molecule has 35 heavy (non-hydrogen) atoms. The molecule has 0 N–H and O–H groups in total. The van der Waals surface area contributed by atoms with Gasteiger partial charge < -0.3 is 33.2 Å². The third-order valence-electron chi connectivity index (χ3n) is 5.30. The first kappa shape index (κ1) is 31.8. The monoisotopic (exact) mass is 498 g/mol. The van der Waals surface area contributed by atoms with Crippen LogP contribution in [-0.2, 0) is 34.8 Å². The van der Waals surface area contributed by atoms with E-state index in [1.165, 1.54) is 44.1 Å². The summed E-state index contributed by atoms with van der Waals surface area (Å²) in [7, 11) is 0. The van der Waals surface area contributed by atoms with E-state index in [9.17, 15) is 0 Å². The summed E-state index contributed by atoms with van der Waals surface area (Å²) in [4.78, 5) is 0. The van der Waals surface area contributed by atoms with Crippen LogP contribution in [0.5, 0.6) is 5.75 Å². The van der Waals surface area contributed by atoms with E-state index in [1.54, 1.807) is 0 Å². The molecule has 7 heteroatoms. The highest BCUT2D eigenvalue weighted by molar-refractivity contribution is 5.27. The van der Waals surface area contributed by atoms with Crippen LogP contribution in [0.15, 0.2) is 24.3 Å². The van der Waals surface area contributed by atoms with E-state index in [0.717, 1.165) is 18.8 Å². The Morgan fingerprint density at radius 2 is 0.886 bits per heavy atom. The van der Waals surface area contributed by atoms with Gasteiger partial charge in [0.05, 0.1) is 72.7 Å². The molecule has 0 saturated carbocycles. The van der Waals surface area contributed by atoms with Crippen LogP contribution in [0.2, 0.25) is 0 Å². The summed E-state index contributed by atoms with van der Waals surface area (Å²) in [5.41, 5.74) is 1.39. The Morgan fingerprint density at radius 3 is 1.37 bits per heavy atom. The largest absolute Gasteiger partial charge is 0.491 e. The fraction of sp³-hybridized carbons (Fsp3) is 0.786. The minimum absolute atomic E-state index is 0.539. The molecule has 0 aliphatic rings. The normalized spacial score (nSPS) is 11.3. The second-order valence-electron chi connectivity index (χ2n) is 8.27. The predicted octanol–water partition coefficient (Wildman–Crippen LogP) is 5.09. The molecule has 1 rings (SSSR count). The molecule has 0 aromatic heterocycles. The number of rotatable bonds is 27. The van der Waals surface area contributed by atoms with Gasteiger partial charge in [-0.2, -0.15) is 0 Å². The maximum atomic E-state index is 5.75. The third-order valence-corrected chi connectivity index (χ3v) is 5.30. The molecular weight excluding hydrogens is 448 g/mol. The van der Waals surface area contributed by atoms with Gasteiger partial charge in [0.15, 0.2) is 0 Å². The average molecular weight is 499 g/mol. The molecule has 204 valence electrons. The summed E-state index contributed by atoms with van der Waals surface area (Å²) in [5, 5.41) is 0. The first-order valence-corrected chi connectivity index (χ1v) is 13.5. The minimum Gasteiger partial charge on any atom is -0.491 e. The molecule has 0 atom stereocenters. The lowest BCUT2D eigenvalue weighted by molar-refractivity contribution is -0.0173. The highest BCUT2D eigenvalue weighted by Gasteiger charge is 1.98. The zero-order valence-electron chi connectivity index (χ0n) is 22.3. The van der Waals surface area contributed by atoms with Crippen LogP contribution in [0, 0.1) is 0 Å². The topological polar surface area (TPSA) is 64.6 Å². The maximum Gasteiger partial charge on any atom is 0.119 e. The van der Waals surface area contributed by atoms with Gasteiger partial charge in [0, 0.05) is 6.61 Å². The Hall–Kier alpha value is -1.22. The zero-order valence-corrected chi connectivity index (χ0v) is 22.3. The molecule has 0 aliphatic heterocycles. The van der Waals surface area contributed by atoms with Gasteiger partial charge in [-0.25, -0.2) is 0 Å². The Morgan fingerprint density at radius 1 is 0.457 bits per heavy atom. The van der Waals surface area contributed by atoms with E-state index in [-0.39, 0.29) is 0 Å². The van der Waals surface area contributed by atoms with Crippen molar-refractivity contribution in [3.63, 3.8) is 0 Å². The Balaban J connectivity index is 1.80. The molecule has 0 heterocycles. The number of hydrogen-bond donors (Lipinski definition) is 0. The van der Waals surface area contributed by atoms with E-state index in [0.29, 0.717) is 79.3 Å². The van der Waals surface area contributed by atoms with Gasteiger partial charge in [-0.3, -0.25) is 0 Å². The Labute approximate surface area is 213 Å². The number of benzene rings is 1. The van der Waals surface area contributed by atoms with Crippen molar-refractivity contribution in [3.05, 3.63) is 29.8 Å². The fourth-order valence-corrected chi connectivity index (χ4v) is 3.32. The van der Waals surface area contributed by atoms with Crippen molar-refractivity contribution in [2.75, 3.05) is 85.9 Å². The summed E-state index contributed by atoms with van der Waals surface area (Å²) in [5.74, 6) is 0.895. The predicted molar refractivity (Wildman–Crippen MR) is 140 cm³/mol. The molecule has 1 aromatic carbocycles. The summed E-state index contributed by atoms with van der Waals surface area (Å²) < 4.78 is 38.2. The number of aryl methyl sites for hydroxylation is 1. The summed E-state index contributed by atoms with van der Waals surface area (Å²) in [6.07, 6.45) is 9.15. The van der Waals surface area contributed by atoms with Crippen molar-refractivity contribution < 1.29 is 33.2 Å². The van der Waals surface area contributed by atoms with Gasteiger partial charge in [0.1, 0.15) is 12.4 Å². The molecule has 0 fully saturated rings. The highest BCUT2D eigenvalue weighted by atomic mass is 16.6. The maximum absolute atomic E-state index is 5.75. The van der Waals surface area contributed by atoms with Crippen LogP contribution in [0.25, 0.3) is 0 Å². The number of ether oxygens (including phenoxy) is 7. The number of unbranched alkanes of at least 4 members (excludes halogenated alkanes) is 5. The second-order valence-corrected chi connectivity index (χ2v) is 8.27. The highest BCUT2D eigenvalue weighted by Crippen LogP contribution is 2.15. The standard InChI is InChI=1S/C28H50O7/c1-3-5-6-7-8-9-10-27-11-13-28(14-12-27)35-26-25-34-24-23-33-22-21-32-20-19-31-18-17-30-16-15-29-4-2/h11-14H,3-10,15-26H2,1-2H3. The van der Waals surface area contributed by atoms with Crippen LogP contribution in [0.1, 0.15) is 57.9 Å². The van der Waals surface area contributed by atoms with E-state index in [2.05, 4.69) is 31.2 Å². The van der Waals surface area contributed by atoms with Gasteiger partial charge in [0.25, 0.3) is 0 Å². The van der Waals surface area contributed by atoms with E-state index in [1.807, 2.05) is 6.92 Å². The van der Waals surface area contributed by atoms with Crippen molar-refractivity contribution in [2.24, 2.45) is 0 Å². The van der Waals surface area contributed by atoms with Crippen molar-refractivity contribution in [1.82, 2.24) is 0 Å². The molecule has 1 aromatic rings. The SMILES string of the molecule is CCCCCCCCc1ccc(OCCOCCOCCOCCOCCOCCOCC)cc1. The minimum atomic E-state index is 0.539. The lowest BCUT2D eigenvalue weighted by Crippen LogP contribution is -2.14. The number of hydrogen-bond acceptors (Lipinski definition) is 7. The lowest BCUT2D eigenvalue weighted by atomic mass is 10.0. The van der Waals surface area contributed by atoms with Gasteiger partial charge in [-0.15, -0.1) is 0 Å². The van der Waals surface area contributed by atoms with Gasteiger partial charge in [-0.05, 0) is 37.5 Å². The summed E-state index contributed by atoms with van der Waals surface area (Å²) >= 11 is 0. The van der Waals surface area contributed by atoms with Crippen LogP contribution in [-0.4, -0.2) is 85.9 Å². The molecule has 0 spiro atoms. The Kier molecular flexibility index (Phi) is 23.5. The van der Waals surface area contributed by atoms with Gasteiger partial charge in [-0.1, -0.05) is 51.2 Å². The van der Waals surface area contributed by atoms with Gasteiger partial charge >= 0.3 is 0 Å². The fourth-order valence-electron chi connectivity index (χ4n) is 3.32. The molecule has 0 amide bonds. The lowest BCUT2D eigenvalue weighted by Gasteiger charge is -2.09. The van der Waals surface area contributed by atoms with Crippen LogP contribution in [0.4, 0.5) is 0 Å². The molecule has 0 unspecified atom stereocenters. The van der Waals surface area contributed by atoms with Crippen LogP contribution >= 0.6 is 0 Å². The van der Waals surface area contributed by atoms with Crippen LogP contribution in [0.3, 0.4) is 0 Å². The molecular formula is C28H50O7. The van der Waals surface area contributed by atoms with Crippen molar-refractivity contribution in [3.8, 4) is 5.75 Å². The summed E-state index contributed by atoms with van der Waals surface area (Å²) in [6, 6.07) is 8.45. The summed E-state index contributed by atoms with van der Waals surface area (Å²) in [6.45, 7) is 11.7. The molecule has 0 saturated heterocycles. The third kappa shape index (κ3) is 21.8. The first-order valence-electron chi connectivity index (χ1n) is 13.5.